The molecule has 0 aromatic heterocycles. The summed E-state index contributed by atoms with van der Waals surface area (Å²) < 4.78 is 5.14. The van der Waals surface area contributed by atoms with E-state index in [1.165, 1.54) is 32.4 Å². The van der Waals surface area contributed by atoms with Crippen LogP contribution in [0.15, 0.2) is 29.2 Å². The first-order valence-corrected chi connectivity index (χ1v) is 9.38. The second kappa shape index (κ2) is 9.83. The number of thioether (sulfide) groups is 1. The van der Waals surface area contributed by atoms with Gasteiger partial charge in [-0.1, -0.05) is 6.42 Å². The van der Waals surface area contributed by atoms with Gasteiger partial charge in [0.1, 0.15) is 5.75 Å². The molecule has 5 heteroatoms. The van der Waals surface area contributed by atoms with Crippen molar-refractivity contribution in [3.8, 4) is 5.75 Å². The number of ether oxygens (including phenoxy) is 1. The van der Waals surface area contributed by atoms with Gasteiger partial charge in [0.05, 0.1) is 12.4 Å². The number of rotatable bonds is 8. The maximum atomic E-state index is 12.2. The zero-order valence-corrected chi connectivity index (χ0v) is 15.0. The van der Waals surface area contributed by atoms with Gasteiger partial charge in [0.2, 0.25) is 5.91 Å². The number of hydrogen-bond donors (Lipinski definition) is 1. The molecule has 1 saturated heterocycles. The van der Waals surface area contributed by atoms with E-state index >= 15 is 0 Å². The molecule has 1 unspecified atom stereocenters. The van der Waals surface area contributed by atoms with Crippen LogP contribution in [0.3, 0.4) is 0 Å². The van der Waals surface area contributed by atoms with Crippen LogP contribution in [-0.4, -0.2) is 49.3 Å². The Kier molecular flexibility index (Phi) is 7.76. The van der Waals surface area contributed by atoms with Crippen molar-refractivity contribution in [1.29, 1.82) is 0 Å². The second-order valence-electron chi connectivity index (χ2n) is 5.98. The summed E-state index contributed by atoms with van der Waals surface area (Å²) in [6, 6.07) is 7.82. The van der Waals surface area contributed by atoms with Gasteiger partial charge in [-0.25, -0.2) is 0 Å². The van der Waals surface area contributed by atoms with E-state index < -0.39 is 0 Å². The van der Waals surface area contributed by atoms with Crippen molar-refractivity contribution in [3.63, 3.8) is 0 Å². The lowest BCUT2D eigenvalue weighted by Crippen LogP contribution is -2.35. The van der Waals surface area contributed by atoms with Crippen LogP contribution in [0.2, 0.25) is 0 Å². The first-order chi connectivity index (χ1) is 11.2. The van der Waals surface area contributed by atoms with Gasteiger partial charge in [-0.05, 0) is 70.1 Å². The zero-order valence-electron chi connectivity index (χ0n) is 14.2. The van der Waals surface area contributed by atoms with Crippen molar-refractivity contribution in [1.82, 2.24) is 10.2 Å². The van der Waals surface area contributed by atoms with Crippen LogP contribution in [0.4, 0.5) is 0 Å². The molecule has 128 valence electrons. The summed E-state index contributed by atoms with van der Waals surface area (Å²) >= 11 is 1.58. The second-order valence-corrected chi connectivity index (χ2v) is 7.40. The summed E-state index contributed by atoms with van der Waals surface area (Å²) in [5.41, 5.74) is 0. The Morgan fingerprint density at radius 3 is 2.61 bits per heavy atom. The molecule has 1 N–H and O–H groups in total. The maximum absolute atomic E-state index is 12.2. The van der Waals surface area contributed by atoms with E-state index in [1.807, 2.05) is 31.2 Å². The summed E-state index contributed by atoms with van der Waals surface area (Å²) in [7, 11) is 1.65. The van der Waals surface area contributed by atoms with Gasteiger partial charge in [0.25, 0.3) is 0 Å². The third-order valence-electron chi connectivity index (χ3n) is 4.14. The van der Waals surface area contributed by atoms with Crippen LogP contribution >= 0.6 is 11.8 Å². The van der Waals surface area contributed by atoms with E-state index in [0.29, 0.717) is 0 Å². The Hall–Kier alpha value is -1.20. The molecule has 2 rings (SSSR count). The van der Waals surface area contributed by atoms with Gasteiger partial charge in [0, 0.05) is 11.4 Å². The molecule has 23 heavy (non-hydrogen) atoms. The molecule has 1 aromatic carbocycles. The SMILES string of the molecule is COc1ccc(SC(C)C(=O)NCCCN2CCCCC2)cc1. The molecule has 1 fully saturated rings. The van der Waals surface area contributed by atoms with E-state index in [9.17, 15) is 4.79 Å². The van der Waals surface area contributed by atoms with Crippen LogP contribution in [0.25, 0.3) is 0 Å². The Bertz CT molecular complexity index is 472. The fourth-order valence-corrected chi connectivity index (χ4v) is 3.64. The minimum atomic E-state index is -0.0848. The Labute approximate surface area is 144 Å². The minimum Gasteiger partial charge on any atom is -0.497 e. The number of carbonyl (C=O) groups is 1. The van der Waals surface area contributed by atoms with Gasteiger partial charge in [-0.15, -0.1) is 11.8 Å². The van der Waals surface area contributed by atoms with Crippen LogP contribution in [0, 0.1) is 0 Å². The van der Waals surface area contributed by atoms with Crippen molar-refractivity contribution in [2.24, 2.45) is 0 Å². The number of piperidine rings is 1. The molecule has 1 aromatic rings. The van der Waals surface area contributed by atoms with Gasteiger partial charge >= 0.3 is 0 Å². The largest absolute Gasteiger partial charge is 0.497 e. The summed E-state index contributed by atoms with van der Waals surface area (Å²) in [6.07, 6.45) is 5.04. The normalized spacial score (nSPS) is 16.8. The molecule has 0 saturated carbocycles. The van der Waals surface area contributed by atoms with Crippen molar-refractivity contribution in [2.75, 3.05) is 33.3 Å². The number of nitrogens with zero attached hydrogens (tertiary/aromatic N) is 1. The fraction of sp³-hybridized carbons (Fsp3) is 0.611. The molecular formula is C18H28N2O2S. The first kappa shape index (κ1) is 18.1. The molecule has 4 nitrogen and oxygen atoms in total. The topological polar surface area (TPSA) is 41.6 Å². The highest BCUT2D eigenvalue weighted by Crippen LogP contribution is 2.25. The van der Waals surface area contributed by atoms with Crippen molar-refractivity contribution in [3.05, 3.63) is 24.3 Å². The van der Waals surface area contributed by atoms with Gasteiger partial charge in [-0.3, -0.25) is 4.79 Å². The first-order valence-electron chi connectivity index (χ1n) is 8.50. The molecule has 0 radical (unpaired) electrons. The van der Waals surface area contributed by atoms with Gasteiger partial charge in [-0.2, -0.15) is 0 Å². The minimum absolute atomic E-state index is 0.0848. The van der Waals surface area contributed by atoms with E-state index in [-0.39, 0.29) is 11.2 Å². The summed E-state index contributed by atoms with van der Waals surface area (Å²) in [5, 5.41) is 2.97. The van der Waals surface area contributed by atoms with E-state index in [0.717, 1.165) is 30.2 Å². The number of nitrogens with one attached hydrogen (secondary N) is 1. The highest BCUT2D eigenvalue weighted by molar-refractivity contribution is 8.00. The molecule has 0 spiro atoms. The molecule has 1 aliphatic rings. The monoisotopic (exact) mass is 336 g/mol. The number of methoxy groups -OCH3 is 1. The smallest absolute Gasteiger partial charge is 0.233 e. The lowest BCUT2D eigenvalue weighted by Gasteiger charge is -2.26. The maximum Gasteiger partial charge on any atom is 0.233 e. The lowest BCUT2D eigenvalue weighted by molar-refractivity contribution is -0.120. The van der Waals surface area contributed by atoms with Crippen LogP contribution < -0.4 is 10.1 Å². The fourth-order valence-electron chi connectivity index (χ4n) is 2.75. The number of benzene rings is 1. The number of hydrogen-bond acceptors (Lipinski definition) is 4. The van der Waals surface area contributed by atoms with Crippen molar-refractivity contribution in [2.45, 2.75) is 42.8 Å². The molecule has 1 atom stereocenters. The zero-order chi connectivity index (χ0) is 16.5. The predicted octanol–water partition coefficient (Wildman–Crippen LogP) is 3.17. The Balaban J connectivity index is 1.63. The third-order valence-corrected chi connectivity index (χ3v) is 5.25. The highest BCUT2D eigenvalue weighted by atomic mass is 32.2. The van der Waals surface area contributed by atoms with Crippen molar-refractivity contribution < 1.29 is 9.53 Å². The average Bonchev–Trinajstić information content (AvgIpc) is 2.60. The number of likely N-dealkylation sites (tertiary alicyclic amines) is 1. The predicted molar refractivity (Wildman–Crippen MR) is 96.2 cm³/mol. The van der Waals surface area contributed by atoms with Crippen LogP contribution in [0.1, 0.15) is 32.6 Å². The summed E-state index contributed by atoms with van der Waals surface area (Å²) in [6.45, 7) is 6.26. The van der Waals surface area contributed by atoms with E-state index in [4.69, 9.17) is 4.74 Å². The molecule has 1 heterocycles. The average molecular weight is 337 g/mol. The lowest BCUT2D eigenvalue weighted by atomic mass is 10.1. The van der Waals surface area contributed by atoms with Crippen LogP contribution in [-0.2, 0) is 4.79 Å². The molecule has 0 bridgehead atoms. The molecule has 1 aliphatic heterocycles. The summed E-state index contributed by atoms with van der Waals surface area (Å²) in [5.74, 6) is 0.952. The van der Waals surface area contributed by atoms with Crippen LogP contribution in [0.5, 0.6) is 5.75 Å². The van der Waals surface area contributed by atoms with E-state index in [1.54, 1.807) is 18.9 Å². The third kappa shape index (κ3) is 6.43. The molecule has 1 amide bonds. The number of carbonyl (C=O) groups excluding carboxylic acids is 1. The Morgan fingerprint density at radius 1 is 1.26 bits per heavy atom. The van der Waals surface area contributed by atoms with Crippen molar-refractivity contribution >= 4 is 17.7 Å². The molecular weight excluding hydrogens is 308 g/mol. The highest BCUT2D eigenvalue weighted by Gasteiger charge is 2.14. The molecule has 0 aliphatic carbocycles. The van der Waals surface area contributed by atoms with Gasteiger partial charge < -0.3 is 15.0 Å². The quantitative estimate of drug-likeness (QED) is 0.585. The van der Waals surface area contributed by atoms with E-state index in [2.05, 4.69) is 10.2 Å². The number of amides is 1. The summed E-state index contributed by atoms with van der Waals surface area (Å²) in [4.78, 5) is 15.7. The van der Waals surface area contributed by atoms with Gasteiger partial charge in [0.15, 0.2) is 0 Å². The Morgan fingerprint density at radius 2 is 1.96 bits per heavy atom. The standard InChI is InChI=1S/C18H28N2O2S/c1-15(23-17-9-7-16(22-2)8-10-17)18(21)19-11-6-14-20-12-4-3-5-13-20/h7-10,15H,3-6,11-14H2,1-2H3,(H,19,21).